The smallest absolute Gasteiger partial charge is 0.251 e. The highest BCUT2D eigenvalue weighted by Gasteiger charge is 2.20. The van der Waals surface area contributed by atoms with Gasteiger partial charge in [0.05, 0.1) is 11.9 Å². The van der Waals surface area contributed by atoms with Gasteiger partial charge in [0.1, 0.15) is 5.82 Å². The van der Waals surface area contributed by atoms with Crippen LogP contribution in [0.25, 0.3) is 16.9 Å². The number of anilines is 1. The van der Waals surface area contributed by atoms with E-state index in [-0.39, 0.29) is 30.7 Å². The molecular formula is C21H28Cl2N6O. The summed E-state index contributed by atoms with van der Waals surface area (Å²) < 4.78 is 1.85. The zero-order valence-corrected chi connectivity index (χ0v) is 18.8. The average Bonchev–Trinajstić information content (AvgIpc) is 3.43. The van der Waals surface area contributed by atoms with Crippen LogP contribution in [-0.2, 0) is 0 Å². The van der Waals surface area contributed by atoms with Crippen LogP contribution in [0, 0.1) is 5.92 Å². The molecule has 0 atom stereocenters. The number of likely N-dealkylation sites (N-methyl/N-ethyl adjacent to an activating group) is 1. The Morgan fingerprint density at radius 1 is 1.13 bits per heavy atom. The maximum absolute atomic E-state index is 12.2. The lowest BCUT2D eigenvalue weighted by atomic mass is 10.1. The van der Waals surface area contributed by atoms with Gasteiger partial charge in [0.2, 0.25) is 0 Å². The maximum Gasteiger partial charge on any atom is 0.251 e. The van der Waals surface area contributed by atoms with Gasteiger partial charge in [0.15, 0.2) is 5.65 Å². The topological polar surface area (TPSA) is 74.6 Å². The summed E-state index contributed by atoms with van der Waals surface area (Å²) in [7, 11) is 3.97. The quantitative estimate of drug-likeness (QED) is 0.550. The van der Waals surface area contributed by atoms with Crippen LogP contribution in [0.4, 0.5) is 5.82 Å². The molecule has 3 aromatic rings. The lowest BCUT2D eigenvalue weighted by molar-refractivity contribution is 0.0951. The van der Waals surface area contributed by atoms with Crippen LogP contribution in [-0.4, -0.2) is 59.1 Å². The van der Waals surface area contributed by atoms with Gasteiger partial charge in [0.25, 0.3) is 5.91 Å². The third-order valence-electron chi connectivity index (χ3n) is 4.92. The van der Waals surface area contributed by atoms with Crippen molar-refractivity contribution in [1.82, 2.24) is 24.8 Å². The summed E-state index contributed by atoms with van der Waals surface area (Å²) in [6, 6.07) is 11.5. The number of nitrogens with one attached hydrogen (secondary N) is 2. The Bertz CT molecular complexity index is 969. The SMILES string of the molecule is CN(C)CCNC(=O)c1ccc(-c2cnc3ccc(NCC4CC4)nn23)cc1.Cl.Cl. The van der Waals surface area contributed by atoms with Gasteiger partial charge >= 0.3 is 0 Å². The summed E-state index contributed by atoms with van der Waals surface area (Å²) in [5, 5.41) is 11.0. The molecule has 2 aromatic heterocycles. The minimum atomic E-state index is -0.0590. The standard InChI is InChI=1S/C21H26N6O.2ClH/c1-26(2)12-11-22-21(28)17-7-5-16(6-8-17)18-14-24-20-10-9-19(25-27(18)20)23-13-15-3-4-15;;/h5-10,14-15H,3-4,11-13H2,1-2H3,(H,22,28)(H,23,25);2*1H. The fourth-order valence-corrected chi connectivity index (χ4v) is 3.02. The highest BCUT2D eigenvalue weighted by molar-refractivity contribution is 5.94. The maximum atomic E-state index is 12.2. The predicted molar refractivity (Wildman–Crippen MR) is 125 cm³/mol. The molecule has 9 heteroatoms. The molecule has 1 aromatic carbocycles. The van der Waals surface area contributed by atoms with Gasteiger partial charge in [-0.05, 0) is 57.1 Å². The van der Waals surface area contributed by atoms with Gasteiger partial charge in [-0.3, -0.25) is 4.79 Å². The number of amides is 1. The molecule has 0 bridgehead atoms. The van der Waals surface area contributed by atoms with E-state index >= 15 is 0 Å². The van der Waals surface area contributed by atoms with E-state index in [1.54, 1.807) is 0 Å². The molecule has 30 heavy (non-hydrogen) atoms. The number of aromatic nitrogens is 3. The van der Waals surface area contributed by atoms with Crippen LogP contribution >= 0.6 is 24.8 Å². The first-order chi connectivity index (χ1) is 13.6. The van der Waals surface area contributed by atoms with E-state index < -0.39 is 0 Å². The number of hydrogen-bond donors (Lipinski definition) is 2. The molecular weight excluding hydrogens is 423 g/mol. The molecule has 0 radical (unpaired) electrons. The Morgan fingerprint density at radius 2 is 1.87 bits per heavy atom. The Balaban J connectivity index is 0.00000160. The van der Waals surface area contributed by atoms with Gasteiger partial charge in [-0.2, -0.15) is 0 Å². The molecule has 1 aliphatic rings. The number of imidazole rings is 1. The first-order valence-corrected chi connectivity index (χ1v) is 9.72. The van der Waals surface area contributed by atoms with Crippen LogP contribution in [0.15, 0.2) is 42.6 Å². The van der Waals surface area contributed by atoms with Crippen molar-refractivity contribution in [2.24, 2.45) is 5.92 Å². The van der Waals surface area contributed by atoms with Gasteiger partial charge in [-0.15, -0.1) is 29.9 Å². The molecule has 0 saturated heterocycles. The van der Waals surface area contributed by atoms with Gasteiger partial charge in [-0.25, -0.2) is 9.50 Å². The first kappa shape index (κ1) is 23.9. The monoisotopic (exact) mass is 450 g/mol. The first-order valence-electron chi connectivity index (χ1n) is 9.72. The number of carbonyl (C=O) groups excluding carboxylic acids is 1. The van der Waals surface area contributed by atoms with Crippen molar-refractivity contribution in [1.29, 1.82) is 0 Å². The van der Waals surface area contributed by atoms with E-state index in [2.05, 4.69) is 20.7 Å². The Labute approximate surface area is 189 Å². The predicted octanol–water partition coefficient (Wildman–Crippen LogP) is 3.35. The van der Waals surface area contributed by atoms with Crippen LogP contribution in [0.3, 0.4) is 0 Å². The summed E-state index contributed by atoms with van der Waals surface area (Å²) in [6.07, 6.45) is 4.43. The summed E-state index contributed by atoms with van der Waals surface area (Å²) in [6.45, 7) is 2.41. The third-order valence-corrected chi connectivity index (χ3v) is 4.92. The second-order valence-corrected chi connectivity index (χ2v) is 7.59. The molecule has 162 valence electrons. The van der Waals surface area contributed by atoms with Gasteiger partial charge in [-0.1, -0.05) is 12.1 Å². The number of benzene rings is 1. The molecule has 0 unspecified atom stereocenters. The Kier molecular flexibility index (Phi) is 8.46. The van der Waals surface area contributed by atoms with E-state index in [4.69, 9.17) is 0 Å². The highest BCUT2D eigenvalue weighted by Crippen LogP contribution is 2.29. The average molecular weight is 451 g/mol. The fourth-order valence-electron chi connectivity index (χ4n) is 3.02. The number of nitrogens with zero attached hydrogens (tertiary/aromatic N) is 4. The fraction of sp³-hybridized carbons (Fsp3) is 0.381. The van der Waals surface area contributed by atoms with Gasteiger partial charge < -0.3 is 15.5 Å². The third kappa shape index (κ3) is 5.84. The molecule has 1 saturated carbocycles. The highest BCUT2D eigenvalue weighted by atomic mass is 35.5. The van der Waals surface area contributed by atoms with Crippen molar-refractivity contribution >= 4 is 42.2 Å². The molecule has 7 nitrogen and oxygen atoms in total. The second-order valence-electron chi connectivity index (χ2n) is 7.59. The molecule has 1 aliphatic carbocycles. The number of fused-ring (bicyclic) bond motifs is 1. The molecule has 1 fully saturated rings. The van der Waals surface area contributed by atoms with Gasteiger partial charge in [0, 0.05) is 30.8 Å². The number of rotatable bonds is 8. The number of hydrogen-bond acceptors (Lipinski definition) is 5. The molecule has 4 rings (SSSR count). The van der Waals surface area contributed by atoms with Crippen LogP contribution in [0.2, 0.25) is 0 Å². The van der Waals surface area contributed by atoms with Crippen molar-refractivity contribution in [3.05, 3.63) is 48.2 Å². The minimum absolute atomic E-state index is 0. The van der Waals surface area contributed by atoms with E-state index in [1.165, 1.54) is 12.8 Å². The minimum Gasteiger partial charge on any atom is -0.368 e. The van der Waals surface area contributed by atoms with Crippen LogP contribution < -0.4 is 10.6 Å². The van der Waals surface area contributed by atoms with Crippen molar-refractivity contribution in [3.8, 4) is 11.3 Å². The molecule has 1 amide bonds. The number of carbonyl (C=O) groups is 1. The zero-order chi connectivity index (χ0) is 19.5. The summed E-state index contributed by atoms with van der Waals surface area (Å²) in [4.78, 5) is 18.7. The van der Waals surface area contributed by atoms with Crippen LogP contribution in [0.1, 0.15) is 23.2 Å². The number of halogens is 2. The largest absolute Gasteiger partial charge is 0.368 e. The normalized spacial score (nSPS) is 12.9. The lowest BCUT2D eigenvalue weighted by Gasteiger charge is -2.10. The molecule has 0 aliphatic heterocycles. The van der Waals surface area contributed by atoms with Crippen molar-refractivity contribution in [2.45, 2.75) is 12.8 Å². The summed E-state index contributed by atoms with van der Waals surface area (Å²) >= 11 is 0. The summed E-state index contributed by atoms with van der Waals surface area (Å²) in [5.41, 5.74) is 3.34. The molecule has 0 spiro atoms. The second kappa shape index (κ2) is 10.6. The van der Waals surface area contributed by atoms with E-state index in [0.29, 0.717) is 12.1 Å². The van der Waals surface area contributed by atoms with Crippen LogP contribution in [0.5, 0.6) is 0 Å². The Morgan fingerprint density at radius 3 is 2.53 bits per heavy atom. The molecule has 2 heterocycles. The van der Waals surface area contributed by atoms with Crippen molar-refractivity contribution in [2.75, 3.05) is 39.0 Å². The lowest BCUT2D eigenvalue weighted by Crippen LogP contribution is -2.31. The van der Waals surface area contributed by atoms with E-state index in [0.717, 1.165) is 41.7 Å². The summed E-state index contributed by atoms with van der Waals surface area (Å²) in [5.74, 6) is 1.59. The van der Waals surface area contributed by atoms with Crippen molar-refractivity contribution < 1.29 is 4.79 Å². The van der Waals surface area contributed by atoms with E-state index in [1.807, 2.05) is 66.1 Å². The molecule has 2 N–H and O–H groups in total. The van der Waals surface area contributed by atoms with Crippen molar-refractivity contribution in [3.63, 3.8) is 0 Å². The zero-order valence-electron chi connectivity index (χ0n) is 17.2. The van der Waals surface area contributed by atoms with E-state index in [9.17, 15) is 4.79 Å². The Hall–Kier alpha value is -2.35.